The number of carbonyl (C=O) groups is 1. The number of halogens is 1. The number of rotatable bonds is 2. The van der Waals surface area contributed by atoms with E-state index in [2.05, 4.69) is 52.4 Å². The summed E-state index contributed by atoms with van der Waals surface area (Å²) in [6, 6.07) is 14.2. The molecule has 0 radical (unpaired) electrons. The van der Waals surface area contributed by atoms with Crippen molar-refractivity contribution in [3.63, 3.8) is 0 Å². The Morgan fingerprint density at radius 2 is 1.85 bits per heavy atom. The molecule has 102 valence electrons. The van der Waals surface area contributed by atoms with Crippen LogP contribution in [0.4, 0.5) is 5.69 Å². The molecule has 1 amide bonds. The number of hydrogen-bond acceptors (Lipinski definition) is 2. The molecule has 3 nitrogen and oxygen atoms in total. The van der Waals surface area contributed by atoms with E-state index >= 15 is 0 Å². The number of ether oxygens (including phenoxy) is 1. The maximum Gasteiger partial charge on any atom is 0.262 e. The van der Waals surface area contributed by atoms with Crippen LogP contribution in [0.25, 0.3) is 0 Å². The summed E-state index contributed by atoms with van der Waals surface area (Å²) in [5.74, 6) is 0.605. The van der Waals surface area contributed by atoms with Crippen LogP contribution >= 0.6 is 15.9 Å². The summed E-state index contributed by atoms with van der Waals surface area (Å²) in [6.45, 7) is 2.15. The van der Waals surface area contributed by atoms with Gasteiger partial charge in [0.2, 0.25) is 0 Å². The highest BCUT2D eigenvalue weighted by Gasteiger charge is 2.18. The van der Waals surface area contributed by atoms with E-state index in [4.69, 9.17) is 4.74 Å². The van der Waals surface area contributed by atoms with Gasteiger partial charge in [0.15, 0.2) is 6.61 Å². The monoisotopic (exact) mass is 331 g/mol. The lowest BCUT2D eigenvalue weighted by Gasteiger charge is -2.20. The van der Waals surface area contributed by atoms with E-state index in [0.717, 1.165) is 17.0 Å². The number of benzene rings is 2. The Balaban J connectivity index is 1.92. The van der Waals surface area contributed by atoms with E-state index in [-0.39, 0.29) is 17.3 Å². The molecule has 1 heterocycles. The van der Waals surface area contributed by atoms with Crippen LogP contribution in [-0.4, -0.2) is 12.5 Å². The molecule has 0 fully saturated rings. The highest BCUT2D eigenvalue weighted by atomic mass is 79.9. The lowest BCUT2D eigenvalue weighted by molar-refractivity contribution is -0.118. The quantitative estimate of drug-likeness (QED) is 0.850. The summed E-state index contributed by atoms with van der Waals surface area (Å²) >= 11 is 3.71. The lowest BCUT2D eigenvalue weighted by atomic mass is 10.0. The summed E-state index contributed by atoms with van der Waals surface area (Å²) < 4.78 is 5.36. The Morgan fingerprint density at radius 1 is 1.15 bits per heavy atom. The highest BCUT2D eigenvalue weighted by Crippen LogP contribution is 2.36. The van der Waals surface area contributed by atoms with Crippen molar-refractivity contribution >= 4 is 27.5 Å². The standard InChI is InChI=1S/C16H14BrNO2/c1-10-2-4-11(5-3-10)16(17)12-6-7-14-13(8-12)18-15(19)9-20-14/h2-8,16H,9H2,1H3,(H,18,19). The average molecular weight is 332 g/mol. The van der Waals surface area contributed by atoms with E-state index in [1.807, 2.05) is 18.2 Å². The van der Waals surface area contributed by atoms with Gasteiger partial charge in [-0.25, -0.2) is 0 Å². The normalized spacial score (nSPS) is 15.0. The van der Waals surface area contributed by atoms with Crippen LogP contribution in [0.1, 0.15) is 21.5 Å². The minimum Gasteiger partial charge on any atom is -0.482 e. The van der Waals surface area contributed by atoms with Gasteiger partial charge in [-0.05, 0) is 30.2 Å². The lowest BCUT2D eigenvalue weighted by Crippen LogP contribution is -2.25. The fourth-order valence-electron chi connectivity index (χ4n) is 2.19. The molecule has 2 aromatic carbocycles. The van der Waals surface area contributed by atoms with Crippen molar-refractivity contribution in [3.05, 3.63) is 59.2 Å². The second-order valence-corrected chi connectivity index (χ2v) is 5.78. The number of hydrogen-bond donors (Lipinski definition) is 1. The zero-order valence-electron chi connectivity index (χ0n) is 11.0. The van der Waals surface area contributed by atoms with Gasteiger partial charge >= 0.3 is 0 Å². The van der Waals surface area contributed by atoms with Crippen LogP contribution in [0.15, 0.2) is 42.5 Å². The molecule has 20 heavy (non-hydrogen) atoms. The molecule has 1 N–H and O–H groups in total. The Morgan fingerprint density at radius 3 is 2.60 bits per heavy atom. The molecule has 0 bridgehead atoms. The Labute approximate surface area is 126 Å². The zero-order valence-corrected chi connectivity index (χ0v) is 12.6. The van der Waals surface area contributed by atoms with Crippen molar-refractivity contribution in [1.82, 2.24) is 0 Å². The fourth-order valence-corrected chi connectivity index (χ4v) is 2.78. The van der Waals surface area contributed by atoms with Crippen molar-refractivity contribution in [3.8, 4) is 5.75 Å². The third kappa shape index (κ3) is 2.56. The summed E-state index contributed by atoms with van der Waals surface area (Å²) in [7, 11) is 0. The topological polar surface area (TPSA) is 38.3 Å². The number of fused-ring (bicyclic) bond motifs is 1. The molecule has 2 aromatic rings. The van der Waals surface area contributed by atoms with Gasteiger partial charge in [0, 0.05) is 0 Å². The summed E-state index contributed by atoms with van der Waals surface area (Å²) in [4.78, 5) is 11.5. The fraction of sp³-hybridized carbons (Fsp3) is 0.188. The molecule has 0 spiro atoms. The molecule has 4 heteroatoms. The maximum absolute atomic E-state index is 11.4. The van der Waals surface area contributed by atoms with E-state index in [1.54, 1.807) is 0 Å². The van der Waals surface area contributed by atoms with Gasteiger partial charge in [-0.3, -0.25) is 4.79 Å². The first-order valence-electron chi connectivity index (χ1n) is 6.41. The van der Waals surface area contributed by atoms with E-state index in [1.165, 1.54) is 11.1 Å². The van der Waals surface area contributed by atoms with E-state index in [9.17, 15) is 4.79 Å². The van der Waals surface area contributed by atoms with Crippen LogP contribution in [0, 0.1) is 6.92 Å². The molecule has 0 aliphatic carbocycles. The Hall–Kier alpha value is -1.81. The largest absolute Gasteiger partial charge is 0.482 e. The Kier molecular flexibility index (Phi) is 3.49. The highest BCUT2D eigenvalue weighted by molar-refractivity contribution is 9.09. The first-order valence-corrected chi connectivity index (χ1v) is 7.32. The summed E-state index contributed by atoms with van der Waals surface area (Å²) in [5.41, 5.74) is 4.23. The van der Waals surface area contributed by atoms with Gasteiger partial charge in [-0.15, -0.1) is 0 Å². The molecule has 1 aliphatic heterocycles. The van der Waals surface area contributed by atoms with Crippen LogP contribution < -0.4 is 10.1 Å². The minimum absolute atomic E-state index is 0.0854. The van der Waals surface area contributed by atoms with Crippen molar-refractivity contribution in [1.29, 1.82) is 0 Å². The molecular formula is C16H14BrNO2. The average Bonchev–Trinajstić information content (AvgIpc) is 2.46. The predicted molar refractivity (Wildman–Crippen MR) is 82.5 cm³/mol. The second-order valence-electron chi connectivity index (χ2n) is 4.87. The first kappa shape index (κ1) is 13.2. The SMILES string of the molecule is Cc1ccc(C(Br)c2ccc3c(c2)NC(=O)CO3)cc1. The first-order chi connectivity index (χ1) is 9.63. The van der Waals surface area contributed by atoms with E-state index < -0.39 is 0 Å². The molecular weight excluding hydrogens is 318 g/mol. The van der Waals surface area contributed by atoms with Crippen LogP contribution in [0.3, 0.4) is 0 Å². The van der Waals surface area contributed by atoms with E-state index in [0.29, 0.717) is 0 Å². The van der Waals surface area contributed by atoms with Gasteiger partial charge in [0.05, 0.1) is 10.5 Å². The number of alkyl halides is 1. The van der Waals surface area contributed by atoms with Gasteiger partial charge in [-0.2, -0.15) is 0 Å². The smallest absolute Gasteiger partial charge is 0.262 e. The Bertz CT molecular complexity index is 652. The van der Waals surface area contributed by atoms with Crippen molar-refractivity contribution in [2.75, 3.05) is 11.9 Å². The van der Waals surface area contributed by atoms with Crippen molar-refractivity contribution in [2.24, 2.45) is 0 Å². The summed E-state index contributed by atoms with van der Waals surface area (Å²) in [5, 5.41) is 2.83. The maximum atomic E-state index is 11.4. The predicted octanol–water partition coefficient (Wildman–Crippen LogP) is 3.81. The number of anilines is 1. The zero-order chi connectivity index (χ0) is 14.1. The molecule has 0 saturated carbocycles. The van der Waals surface area contributed by atoms with Gasteiger partial charge in [-0.1, -0.05) is 51.8 Å². The van der Waals surface area contributed by atoms with Crippen molar-refractivity contribution < 1.29 is 9.53 Å². The van der Waals surface area contributed by atoms with Crippen molar-refractivity contribution in [2.45, 2.75) is 11.8 Å². The minimum atomic E-state index is -0.115. The molecule has 1 atom stereocenters. The molecule has 0 aromatic heterocycles. The van der Waals surface area contributed by atoms with Crippen LogP contribution in [0.5, 0.6) is 5.75 Å². The molecule has 1 aliphatic rings. The van der Waals surface area contributed by atoms with Crippen LogP contribution in [-0.2, 0) is 4.79 Å². The molecule has 3 rings (SSSR count). The number of amides is 1. The number of nitrogens with one attached hydrogen (secondary N) is 1. The third-order valence-electron chi connectivity index (χ3n) is 3.30. The number of aryl methyl sites for hydroxylation is 1. The van der Waals surface area contributed by atoms with Gasteiger partial charge < -0.3 is 10.1 Å². The molecule has 1 unspecified atom stereocenters. The third-order valence-corrected chi connectivity index (χ3v) is 4.36. The van der Waals surface area contributed by atoms with Gasteiger partial charge in [0.25, 0.3) is 5.91 Å². The van der Waals surface area contributed by atoms with Crippen LogP contribution in [0.2, 0.25) is 0 Å². The van der Waals surface area contributed by atoms with Gasteiger partial charge in [0.1, 0.15) is 5.75 Å². The second kappa shape index (κ2) is 5.29. The number of carbonyl (C=O) groups excluding carboxylic acids is 1. The summed E-state index contributed by atoms with van der Waals surface area (Å²) in [6.07, 6.45) is 0. The molecule has 0 saturated heterocycles.